The van der Waals surface area contributed by atoms with Crippen molar-refractivity contribution in [3.05, 3.63) is 83.1 Å². The Hall–Kier alpha value is -3.17. The first-order valence-electron chi connectivity index (χ1n) is 10.6. The quantitative estimate of drug-likeness (QED) is 0.467. The minimum Gasteiger partial charge on any atom is -0.466 e. The van der Waals surface area contributed by atoms with E-state index in [4.69, 9.17) is 4.74 Å². The normalized spacial score (nSPS) is 16.0. The second-order valence-corrected chi connectivity index (χ2v) is 11.0. The summed E-state index contributed by atoms with van der Waals surface area (Å²) in [6.07, 6.45) is -0.188. The Morgan fingerprint density at radius 3 is 2.32 bits per heavy atom. The lowest BCUT2D eigenvalue weighted by molar-refractivity contribution is -0.141. The van der Waals surface area contributed by atoms with E-state index >= 15 is 4.39 Å². The van der Waals surface area contributed by atoms with Gasteiger partial charge in [-0.2, -0.15) is 0 Å². The van der Waals surface area contributed by atoms with E-state index in [9.17, 15) is 17.4 Å². The van der Waals surface area contributed by atoms with Crippen LogP contribution >= 0.6 is 0 Å². The zero-order valence-corrected chi connectivity index (χ0v) is 20.2. The molecule has 0 saturated heterocycles. The van der Waals surface area contributed by atoms with Crippen molar-refractivity contribution in [1.82, 2.24) is 0 Å². The van der Waals surface area contributed by atoms with Crippen molar-refractivity contribution in [3.63, 3.8) is 0 Å². The highest BCUT2D eigenvalue weighted by atomic mass is 32.2. The number of carbonyl (C=O) groups excluding carboxylic acids is 1. The summed E-state index contributed by atoms with van der Waals surface area (Å²) in [6.45, 7) is 3.56. The molecule has 0 bridgehead atoms. The van der Waals surface area contributed by atoms with E-state index in [-0.39, 0.29) is 23.1 Å². The predicted octanol–water partition coefficient (Wildman–Crippen LogP) is 2.95. The molecule has 0 amide bonds. The molecule has 0 N–H and O–H groups in total. The lowest BCUT2D eigenvalue weighted by Crippen LogP contribution is -2.32. The average molecular weight is 500 g/mol. The Balaban J connectivity index is 1.81. The van der Waals surface area contributed by atoms with Crippen LogP contribution in [-0.2, 0) is 30.2 Å². The summed E-state index contributed by atoms with van der Waals surface area (Å²) in [4.78, 5) is 16.9. The zero-order chi connectivity index (χ0) is 24.5. The first kappa shape index (κ1) is 24.0. The molecule has 6 nitrogen and oxygen atoms in total. The largest absolute Gasteiger partial charge is 0.466 e. The molecule has 0 saturated carbocycles. The molecule has 1 heterocycles. The van der Waals surface area contributed by atoms with E-state index in [1.807, 2.05) is 6.07 Å². The number of hydrogen-bond donors (Lipinski definition) is 0. The fourth-order valence-corrected chi connectivity index (χ4v) is 6.49. The van der Waals surface area contributed by atoms with Crippen molar-refractivity contribution in [2.45, 2.75) is 45.9 Å². The number of halogens is 1. The molecule has 34 heavy (non-hydrogen) atoms. The summed E-state index contributed by atoms with van der Waals surface area (Å²) in [6, 6.07) is 16.3. The Labute approximate surface area is 199 Å². The highest BCUT2D eigenvalue weighted by Gasteiger charge is 2.29. The average Bonchev–Trinajstić information content (AvgIpc) is 3.14. The summed E-state index contributed by atoms with van der Waals surface area (Å²) in [5, 5.41) is 0.422. The van der Waals surface area contributed by atoms with Gasteiger partial charge < -0.3 is 4.74 Å². The van der Waals surface area contributed by atoms with Gasteiger partial charge in [0.25, 0.3) is 0 Å². The SMILES string of the molecule is CCOC(=O)CC1=c2c(S(=O)(=O)c3ccc(S(=O)c4ccccc4)cc3)c(F)ccc2=NC1C. The number of rotatable bonds is 7. The van der Waals surface area contributed by atoms with Crippen molar-refractivity contribution in [3.8, 4) is 0 Å². The van der Waals surface area contributed by atoms with Crippen molar-refractivity contribution in [2.24, 2.45) is 4.99 Å². The second-order valence-electron chi connectivity index (χ2n) is 7.64. The standard InChI is InChI=1S/C25H22FNO5S2/c1-3-32-23(28)15-20-16(2)27-22-14-13-21(26)25(24(20)22)34(30,31)19-11-9-18(10-12-19)33(29)17-7-5-4-6-8-17/h4-14,16H,3,15H2,1-2H3. The van der Waals surface area contributed by atoms with Crippen LogP contribution in [0.15, 0.2) is 91.3 Å². The molecule has 0 aromatic heterocycles. The Bertz CT molecular complexity index is 1500. The van der Waals surface area contributed by atoms with E-state index < -0.39 is 43.4 Å². The molecule has 3 aromatic carbocycles. The molecule has 4 rings (SSSR count). The van der Waals surface area contributed by atoms with E-state index in [1.54, 1.807) is 38.1 Å². The first-order valence-corrected chi connectivity index (χ1v) is 13.2. The van der Waals surface area contributed by atoms with Gasteiger partial charge in [0, 0.05) is 15.0 Å². The van der Waals surface area contributed by atoms with Crippen LogP contribution in [0, 0.1) is 5.82 Å². The van der Waals surface area contributed by atoms with Gasteiger partial charge in [-0.3, -0.25) is 9.79 Å². The summed E-state index contributed by atoms with van der Waals surface area (Å²) < 4.78 is 59.9. The molecule has 0 radical (unpaired) electrons. The summed E-state index contributed by atoms with van der Waals surface area (Å²) in [5.74, 6) is -1.46. The number of esters is 1. The molecule has 2 unspecified atom stereocenters. The maximum Gasteiger partial charge on any atom is 0.310 e. The van der Waals surface area contributed by atoms with Gasteiger partial charge in [0.05, 0.1) is 40.1 Å². The highest BCUT2D eigenvalue weighted by Crippen LogP contribution is 2.25. The zero-order valence-electron chi connectivity index (χ0n) is 18.5. The van der Waals surface area contributed by atoms with Gasteiger partial charge in [0.1, 0.15) is 10.7 Å². The summed E-state index contributed by atoms with van der Waals surface area (Å²) in [5.41, 5.74) is 0.397. The van der Waals surface area contributed by atoms with Crippen LogP contribution in [0.2, 0.25) is 0 Å². The summed E-state index contributed by atoms with van der Waals surface area (Å²) >= 11 is 0. The van der Waals surface area contributed by atoms with E-state index in [0.29, 0.717) is 20.7 Å². The molecular weight excluding hydrogens is 477 g/mol. The molecule has 176 valence electrons. The maximum absolute atomic E-state index is 15.0. The molecule has 0 fully saturated rings. The van der Waals surface area contributed by atoms with Crippen molar-refractivity contribution in [1.29, 1.82) is 0 Å². The van der Waals surface area contributed by atoms with Gasteiger partial charge in [0.15, 0.2) is 0 Å². The van der Waals surface area contributed by atoms with E-state index in [2.05, 4.69) is 4.99 Å². The minimum atomic E-state index is -4.31. The fraction of sp³-hybridized carbons (Fsp3) is 0.200. The Morgan fingerprint density at radius 1 is 1.03 bits per heavy atom. The van der Waals surface area contributed by atoms with Gasteiger partial charge >= 0.3 is 5.97 Å². The number of sulfone groups is 1. The van der Waals surface area contributed by atoms with Gasteiger partial charge in [-0.25, -0.2) is 17.0 Å². The number of carbonyl (C=O) groups is 1. The topological polar surface area (TPSA) is 89.9 Å². The monoisotopic (exact) mass is 499 g/mol. The first-order chi connectivity index (χ1) is 16.2. The Morgan fingerprint density at radius 2 is 1.68 bits per heavy atom. The van der Waals surface area contributed by atoms with Crippen molar-refractivity contribution >= 4 is 32.2 Å². The molecule has 1 aliphatic rings. The van der Waals surface area contributed by atoms with E-state index in [0.717, 1.165) is 6.07 Å². The summed E-state index contributed by atoms with van der Waals surface area (Å²) in [7, 11) is -5.80. The third-order valence-corrected chi connectivity index (χ3v) is 8.69. The van der Waals surface area contributed by atoms with Crippen molar-refractivity contribution in [2.75, 3.05) is 6.61 Å². The lowest BCUT2D eigenvalue weighted by atomic mass is 10.0. The smallest absolute Gasteiger partial charge is 0.310 e. The molecule has 0 aliphatic carbocycles. The maximum atomic E-state index is 15.0. The van der Waals surface area contributed by atoms with Crippen LogP contribution in [0.3, 0.4) is 0 Å². The number of nitrogens with zero attached hydrogens (tertiary/aromatic N) is 1. The van der Waals surface area contributed by atoms with Crippen LogP contribution in [0.5, 0.6) is 0 Å². The second kappa shape index (κ2) is 9.60. The highest BCUT2D eigenvalue weighted by molar-refractivity contribution is 7.91. The molecule has 0 spiro atoms. The minimum absolute atomic E-state index is 0.109. The third-order valence-electron chi connectivity index (χ3n) is 5.46. The van der Waals surface area contributed by atoms with Crippen LogP contribution in [0.4, 0.5) is 4.39 Å². The van der Waals surface area contributed by atoms with Crippen LogP contribution in [0.1, 0.15) is 20.3 Å². The van der Waals surface area contributed by atoms with Crippen LogP contribution in [-0.4, -0.2) is 31.2 Å². The third kappa shape index (κ3) is 4.45. The van der Waals surface area contributed by atoms with Crippen LogP contribution < -0.4 is 10.6 Å². The molecular formula is C25H22FNO5S2. The molecule has 1 aliphatic heterocycles. The van der Waals surface area contributed by atoms with Gasteiger partial charge in [-0.05, 0) is 68.0 Å². The number of hydrogen-bond acceptors (Lipinski definition) is 6. The number of ether oxygens (including phenoxy) is 1. The van der Waals surface area contributed by atoms with Gasteiger partial charge in [0.2, 0.25) is 9.84 Å². The number of benzene rings is 3. The lowest BCUT2D eigenvalue weighted by Gasteiger charge is -2.11. The molecule has 2 atom stereocenters. The van der Waals surface area contributed by atoms with Crippen LogP contribution in [0.25, 0.3) is 5.57 Å². The Kier molecular flexibility index (Phi) is 6.77. The van der Waals surface area contributed by atoms with Crippen molar-refractivity contribution < 1.29 is 26.5 Å². The van der Waals surface area contributed by atoms with Gasteiger partial charge in [-0.15, -0.1) is 0 Å². The predicted molar refractivity (Wildman–Crippen MR) is 124 cm³/mol. The molecule has 9 heteroatoms. The van der Waals surface area contributed by atoms with E-state index in [1.165, 1.54) is 30.3 Å². The number of fused-ring (bicyclic) bond motifs is 1. The molecule has 3 aromatic rings. The fourth-order valence-electron chi connectivity index (χ4n) is 3.87. The van der Waals surface area contributed by atoms with Gasteiger partial charge in [-0.1, -0.05) is 18.2 Å².